The predicted octanol–water partition coefficient (Wildman–Crippen LogP) is 2.08. The van der Waals surface area contributed by atoms with Crippen LogP contribution in [0.15, 0.2) is 6.07 Å². The molecular formula is C12H11F4NO3. The Kier molecular flexibility index (Phi) is 4.36. The molecule has 1 aromatic rings. The summed E-state index contributed by atoms with van der Waals surface area (Å²) < 4.78 is 51.9. The molecule has 4 nitrogen and oxygen atoms in total. The highest BCUT2D eigenvalue weighted by Crippen LogP contribution is 2.19. The lowest BCUT2D eigenvalue weighted by Gasteiger charge is -2.19. The molecular weight excluding hydrogens is 282 g/mol. The molecule has 0 atom stereocenters. The van der Waals surface area contributed by atoms with Crippen LogP contribution in [0.4, 0.5) is 17.6 Å². The number of rotatable bonds is 4. The van der Waals surface area contributed by atoms with Crippen LogP contribution in [0, 0.1) is 28.7 Å². The fraction of sp³-hybridized carbons (Fsp3) is 0.333. The van der Waals surface area contributed by atoms with Crippen LogP contribution in [0.3, 0.4) is 0 Å². The average Bonchev–Trinajstić information content (AvgIpc) is 2.37. The number of carbonyl (C=O) groups is 2. The van der Waals surface area contributed by atoms with Gasteiger partial charge in [-0.1, -0.05) is 0 Å². The molecule has 0 bridgehead atoms. The molecule has 1 rings (SSSR count). The Morgan fingerprint density at radius 2 is 1.70 bits per heavy atom. The summed E-state index contributed by atoms with van der Waals surface area (Å²) in [4.78, 5) is 22.3. The molecule has 8 heteroatoms. The average molecular weight is 293 g/mol. The fourth-order valence-electron chi connectivity index (χ4n) is 1.21. The second-order valence-corrected chi connectivity index (χ2v) is 4.72. The van der Waals surface area contributed by atoms with E-state index in [-0.39, 0.29) is 6.07 Å². The van der Waals surface area contributed by atoms with E-state index in [1.807, 2.05) is 5.32 Å². The second kappa shape index (κ2) is 5.48. The van der Waals surface area contributed by atoms with E-state index >= 15 is 0 Å². The fourth-order valence-corrected chi connectivity index (χ4v) is 1.21. The quantitative estimate of drug-likeness (QED) is 0.507. The topological polar surface area (TPSA) is 66.4 Å². The minimum atomic E-state index is -2.10. The van der Waals surface area contributed by atoms with Gasteiger partial charge < -0.3 is 10.4 Å². The number of carbonyl (C=O) groups excluding carboxylic acids is 1. The van der Waals surface area contributed by atoms with Crippen LogP contribution >= 0.6 is 0 Å². The summed E-state index contributed by atoms with van der Waals surface area (Å²) in [6.07, 6.45) is 0. The van der Waals surface area contributed by atoms with E-state index in [9.17, 15) is 27.2 Å². The van der Waals surface area contributed by atoms with Crippen molar-refractivity contribution in [2.24, 2.45) is 5.41 Å². The van der Waals surface area contributed by atoms with Crippen LogP contribution in [0.5, 0.6) is 0 Å². The summed E-state index contributed by atoms with van der Waals surface area (Å²) in [5.74, 6) is -10.1. The standard InChI is InChI=1S/C12H11F4NO3/c1-12(2,11(19)20)4-17-10(18)5-3-6(13)8(15)9(16)7(5)14/h3H,4H2,1-2H3,(H,17,18)(H,19,20). The van der Waals surface area contributed by atoms with Gasteiger partial charge in [0.15, 0.2) is 23.3 Å². The van der Waals surface area contributed by atoms with Crippen molar-refractivity contribution in [3.8, 4) is 0 Å². The normalized spacial score (nSPS) is 11.3. The van der Waals surface area contributed by atoms with E-state index in [4.69, 9.17) is 5.11 Å². The van der Waals surface area contributed by atoms with Crippen molar-refractivity contribution in [1.29, 1.82) is 0 Å². The van der Waals surface area contributed by atoms with Gasteiger partial charge >= 0.3 is 5.97 Å². The Balaban J connectivity index is 2.98. The largest absolute Gasteiger partial charge is 0.481 e. The maximum Gasteiger partial charge on any atom is 0.310 e. The minimum absolute atomic E-state index is 0.205. The molecule has 0 aliphatic carbocycles. The van der Waals surface area contributed by atoms with Crippen LogP contribution < -0.4 is 5.32 Å². The lowest BCUT2D eigenvalue weighted by atomic mass is 9.94. The van der Waals surface area contributed by atoms with E-state index < -0.39 is 52.7 Å². The zero-order valence-electron chi connectivity index (χ0n) is 10.6. The highest BCUT2D eigenvalue weighted by molar-refractivity contribution is 5.94. The number of benzene rings is 1. The van der Waals surface area contributed by atoms with Gasteiger partial charge in [0.2, 0.25) is 0 Å². The number of aliphatic carboxylic acids is 1. The molecule has 2 N–H and O–H groups in total. The maximum absolute atomic E-state index is 13.3. The van der Waals surface area contributed by atoms with Crippen molar-refractivity contribution in [2.75, 3.05) is 6.54 Å². The summed E-state index contributed by atoms with van der Waals surface area (Å²) >= 11 is 0. The van der Waals surface area contributed by atoms with Gasteiger partial charge in [-0.2, -0.15) is 0 Å². The monoisotopic (exact) mass is 293 g/mol. The Hall–Kier alpha value is -2.12. The van der Waals surface area contributed by atoms with Crippen LogP contribution in [-0.2, 0) is 4.79 Å². The minimum Gasteiger partial charge on any atom is -0.481 e. The molecule has 0 fully saturated rings. The van der Waals surface area contributed by atoms with Crippen molar-refractivity contribution in [3.63, 3.8) is 0 Å². The van der Waals surface area contributed by atoms with E-state index in [2.05, 4.69) is 0 Å². The lowest BCUT2D eigenvalue weighted by molar-refractivity contribution is -0.146. The van der Waals surface area contributed by atoms with Crippen LogP contribution in [0.25, 0.3) is 0 Å². The molecule has 0 aliphatic rings. The van der Waals surface area contributed by atoms with Gasteiger partial charge in [0.05, 0.1) is 11.0 Å². The first-order chi connectivity index (χ1) is 9.08. The molecule has 0 saturated heterocycles. The van der Waals surface area contributed by atoms with Crippen molar-refractivity contribution in [2.45, 2.75) is 13.8 Å². The Labute approximate surface area is 111 Å². The molecule has 110 valence electrons. The van der Waals surface area contributed by atoms with Gasteiger partial charge in [-0.3, -0.25) is 9.59 Å². The van der Waals surface area contributed by atoms with Crippen LogP contribution in [-0.4, -0.2) is 23.5 Å². The molecule has 20 heavy (non-hydrogen) atoms. The Morgan fingerprint density at radius 1 is 1.15 bits per heavy atom. The van der Waals surface area contributed by atoms with E-state index in [1.54, 1.807) is 0 Å². The number of amides is 1. The summed E-state index contributed by atoms with van der Waals surface area (Å²) in [5.41, 5.74) is -2.40. The highest BCUT2D eigenvalue weighted by Gasteiger charge is 2.29. The zero-order chi connectivity index (χ0) is 15.7. The first-order valence-electron chi connectivity index (χ1n) is 5.42. The molecule has 0 spiro atoms. The zero-order valence-corrected chi connectivity index (χ0v) is 10.6. The molecule has 1 amide bonds. The van der Waals surface area contributed by atoms with E-state index in [0.29, 0.717) is 0 Å². The Morgan fingerprint density at radius 3 is 2.20 bits per heavy atom. The van der Waals surface area contributed by atoms with Gasteiger partial charge in [-0.15, -0.1) is 0 Å². The van der Waals surface area contributed by atoms with Gasteiger partial charge in [-0.05, 0) is 19.9 Å². The molecule has 0 aliphatic heterocycles. The third-order valence-electron chi connectivity index (χ3n) is 2.62. The SMILES string of the molecule is CC(C)(CNC(=O)c1cc(F)c(F)c(F)c1F)C(=O)O. The van der Waals surface area contributed by atoms with Crippen LogP contribution in [0.1, 0.15) is 24.2 Å². The van der Waals surface area contributed by atoms with E-state index in [1.165, 1.54) is 13.8 Å². The molecule has 0 radical (unpaired) electrons. The second-order valence-electron chi connectivity index (χ2n) is 4.72. The van der Waals surface area contributed by atoms with Gasteiger partial charge in [-0.25, -0.2) is 17.6 Å². The summed E-state index contributed by atoms with van der Waals surface area (Å²) in [5, 5.41) is 10.8. The number of carboxylic acid groups (broad SMARTS) is 1. The molecule has 0 heterocycles. The van der Waals surface area contributed by atoms with Crippen molar-refractivity contribution in [1.82, 2.24) is 5.32 Å². The van der Waals surface area contributed by atoms with E-state index in [0.717, 1.165) is 0 Å². The first-order valence-corrected chi connectivity index (χ1v) is 5.42. The third kappa shape index (κ3) is 3.06. The number of hydrogen-bond acceptors (Lipinski definition) is 2. The first kappa shape index (κ1) is 15.9. The van der Waals surface area contributed by atoms with Crippen LogP contribution in [0.2, 0.25) is 0 Å². The smallest absolute Gasteiger partial charge is 0.310 e. The summed E-state index contributed by atoms with van der Waals surface area (Å²) in [7, 11) is 0. The summed E-state index contributed by atoms with van der Waals surface area (Å²) in [6.45, 7) is 2.18. The number of hydrogen-bond donors (Lipinski definition) is 2. The number of carboxylic acids is 1. The van der Waals surface area contributed by atoms with Crippen molar-refractivity contribution >= 4 is 11.9 Å². The number of nitrogens with one attached hydrogen (secondary N) is 1. The van der Waals surface area contributed by atoms with Crippen molar-refractivity contribution < 1.29 is 32.3 Å². The molecule has 1 aromatic carbocycles. The Bertz CT molecular complexity index is 572. The molecule has 0 unspecified atom stereocenters. The molecule has 0 saturated carbocycles. The van der Waals surface area contributed by atoms with Crippen molar-refractivity contribution in [3.05, 3.63) is 34.9 Å². The lowest BCUT2D eigenvalue weighted by Crippen LogP contribution is -2.39. The maximum atomic E-state index is 13.3. The molecule has 0 aromatic heterocycles. The van der Waals surface area contributed by atoms with Gasteiger partial charge in [0, 0.05) is 6.54 Å². The third-order valence-corrected chi connectivity index (χ3v) is 2.62. The summed E-state index contributed by atoms with van der Waals surface area (Å²) in [6, 6.07) is 0.205. The van der Waals surface area contributed by atoms with Gasteiger partial charge in [0.1, 0.15) is 0 Å². The highest BCUT2D eigenvalue weighted by atomic mass is 19.2. The number of halogens is 4. The van der Waals surface area contributed by atoms with Gasteiger partial charge in [0.25, 0.3) is 5.91 Å². The predicted molar refractivity (Wildman–Crippen MR) is 60.0 cm³/mol.